The molecule has 4 nitrogen and oxygen atoms in total. The van der Waals surface area contributed by atoms with Gasteiger partial charge in [0, 0.05) is 103 Å². The molecule has 1 saturated heterocycles. The van der Waals surface area contributed by atoms with Gasteiger partial charge in [0.2, 0.25) is 0 Å². The Bertz CT molecular complexity index is 90.6. The standard InChI is InChI=1S/C2H5O4P.2K/c3-1-2-5-7(4)6-2;;/h2-3,7H,1H2;;. The van der Waals surface area contributed by atoms with E-state index in [0.29, 0.717) is 0 Å². The molecule has 0 aromatic rings. The van der Waals surface area contributed by atoms with Crippen molar-refractivity contribution in [2.24, 2.45) is 0 Å². The summed E-state index contributed by atoms with van der Waals surface area (Å²) in [6.45, 7) is -0.212. The fraction of sp³-hybridized carbons (Fsp3) is 1.00. The van der Waals surface area contributed by atoms with Gasteiger partial charge >= 0.3 is 8.25 Å². The van der Waals surface area contributed by atoms with Crippen molar-refractivity contribution in [1.82, 2.24) is 0 Å². The largest absolute Gasteiger partial charge is 0.391 e. The average molecular weight is 202 g/mol. The summed E-state index contributed by atoms with van der Waals surface area (Å²) in [5, 5.41) is 8.13. The Balaban J connectivity index is 0. The fourth-order valence-electron chi connectivity index (χ4n) is 0.298. The summed E-state index contributed by atoms with van der Waals surface area (Å²) in [7, 11) is -2.16. The maximum Gasteiger partial charge on any atom is 0.323 e. The molecule has 0 unspecified atom stereocenters. The van der Waals surface area contributed by atoms with Gasteiger partial charge in [0.05, 0.1) is 6.61 Å². The fourth-order valence-corrected chi connectivity index (χ4v) is 0.894. The normalized spacial score (nSPS) is 31.2. The van der Waals surface area contributed by atoms with Gasteiger partial charge in [-0.25, -0.2) is 0 Å². The predicted octanol–water partition coefficient (Wildman–Crippen LogP) is -1.02. The molecule has 0 atom stereocenters. The minimum atomic E-state index is -2.16. The van der Waals surface area contributed by atoms with Gasteiger partial charge in [-0.2, -0.15) is 0 Å². The van der Waals surface area contributed by atoms with Crippen molar-refractivity contribution in [3.63, 3.8) is 0 Å². The summed E-state index contributed by atoms with van der Waals surface area (Å²) in [6.07, 6.45) is -0.619. The molecular formula is C2H5K2O4P. The van der Waals surface area contributed by atoms with Crippen LogP contribution in [0, 0.1) is 0 Å². The van der Waals surface area contributed by atoms with Crippen LogP contribution in [-0.2, 0) is 13.6 Å². The first kappa shape index (κ1) is 14.9. The SMILES string of the molecule is O=[PH]1OC(CO)O1.[K].[K]. The van der Waals surface area contributed by atoms with Gasteiger partial charge < -0.3 is 5.11 Å². The monoisotopic (exact) mass is 202 g/mol. The number of aliphatic hydroxyl groups excluding tert-OH is 1. The smallest absolute Gasteiger partial charge is 0.323 e. The van der Waals surface area contributed by atoms with Crippen LogP contribution in [0.4, 0.5) is 0 Å². The Morgan fingerprint density at radius 1 is 1.44 bits per heavy atom. The molecule has 0 spiro atoms. The summed E-state index contributed by atoms with van der Waals surface area (Å²) in [6, 6.07) is 0. The van der Waals surface area contributed by atoms with Crippen molar-refractivity contribution in [3.8, 4) is 0 Å². The molecule has 1 fully saturated rings. The molecule has 1 rings (SSSR count). The van der Waals surface area contributed by atoms with Gasteiger partial charge in [-0.3, -0.25) is 13.6 Å². The van der Waals surface area contributed by atoms with E-state index in [1.54, 1.807) is 0 Å². The molecule has 0 aromatic heterocycles. The molecule has 0 aromatic carbocycles. The van der Waals surface area contributed by atoms with Crippen LogP contribution in [0.15, 0.2) is 0 Å². The predicted molar refractivity (Wildman–Crippen MR) is 33.6 cm³/mol. The van der Waals surface area contributed by atoms with Crippen molar-refractivity contribution in [2.75, 3.05) is 6.61 Å². The Morgan fingerprint density at radius 3 is 2.00 bits per heavy atom. The molecular weight excluding hydrogens is 197 g/mol. The molecule has 1 aliphatic heterocycles. The molecule has 0 saturated carbocycles. The van der Waals surface area contributed by atoms with E-state index in [4.69, 9.17) is 5.11 Å². The van der Waals surface area contributed by atoms with Crippen LogP contribution in [-0.4, -0.2) is 121 Å². The molecule has 2 radical (unpaired) electrons. The maximum absolute atomic E-state index is 9.90. The van der Waals surface area contributed by atoms with Crippen molar-refractivity contribution >= 4 is 111 Å². The molecule has 1 N–H and O–H groups in total. The summed E-state index contributed by atoms with van der Waals surface area (Å²) >= 11 is 0. The van der Waals surface area contributed by atoms with Gasteiger partial charge in [0.1, 0.15) is 0 Å². The number of aliphatic hydroxyl groups is 1. The van der Waals surface area contributed by atoms with Crippen LogP contribution >= 0.6 is 8.25 Å². The first-order valence-corrected chi connectivity index (χ1v) is 3.03. The third kappa shape index (κ3) is 5.60. The number of hydrogen-bond donors (Lipinski definition) is 1. The molecule has 1 aliphatic rings. The Labute approximate surface area is 139 Å². The minimum absolute atomic E-state index is 0. The van der Waals surface area contributed by atoms with E-state index in [9.17, 15) is 4.57 Å². The third-order valence-corrected chi connectivity index (χ3v) is 1.52. The summed E-state index contributed by atoms with van der Waals surface area (Å²) in [4.78, 5) is 0. The van der Waals surface area contributed by atoms with Crippen molar-refractivity contribution in [1.29, 1.82) is 0 Å². The van der Waals surface area contributed by atoms with E-state index < -0.39 is 14.5 Å². The summed E-state index contributed by atoms with van der Waals surface area (Å²) in [5.74, 6) is 0. The number of hydrogen-bond acceptors (Lipinski definition) is 4. The topological polar surface area (TPSA) is 55.8 Å². The molecule has 44 valence electrons. The van der Waals surface area contributed by atoms with Gasteiger partial charge in [-0.1, -0.05) is 0 Å². The molecule has 1 heterocycles. The Morgan fingerprint density at radius 2 is 1.89 bits per heavy atom. The zero-order valence-electron chi connectivity index (χ0n) is 5.46. The van der Waals surface area contributed by atoms with E-state index in [1.165, 1.54) is 0 Å². The second-order valence-corrected chi connectivity index (χ2v) is 2.07. The van der Waals surface area contributed by atoms with Crippen LogP contribution in [0.2, 0.25) is 0 Å². The van der Waals surface area contributed by atoms with Crippen LogP contribution in [0.1, 0.15) is 0 Å². The van der Waals surface area contributed by atoms with Crippen molar-refractivity contribution in [2.45, 2.75) is 6.29 Å². The Hall–Kier alpha value is 3.38. The van der Waals surface area contributed by atoms with Crippen molar-refractivity contribution in [3.05, 3.63) is 0 Å². The van der Waals surface area contributed by atoms with Gasteiger partial charge in [0.15, 0.2) is 6.29 Å². The zero-order chi connectivity index (χ0) is 5.28. The minimum Gasteiger partial charge on any atom is -0.391 e. The van der Waals surface area contributed by atoms with Crippen LogP contribution in [0.3, 0.4) is 0 Å². The second-order valence-electron chi connectivity index (χ2n) is 1.10. The zero-order valence-corrected chi connectivity index (χ0v) is 12.7. The molecule has 0 amide bonds. The van der Waals surface area contributed by atoms with Crippen LogP contribution < -0.4 is 0 Å². The van der Waals surface area contributed by atoms with Crippen LogP contribution in [0.25, 0.3) is 0 Å². The van der Waals surface area contributed by atoms with E-state index in [0.717, 1.165) is 0 Å². The molecule has 7 heteroatoms. The first-order chi connectivity index (χ1) is 3.33. The Kier molecular flexibility index (Phi) is 13.2. The molecule has 9 heavy (non-hydrogen) atoms. The van der Waals surface area contributed by atoms with E-state index >= 15 is 0 Å². The third-order valence-electron chi connectivity index (χ3n) is 0.604. The average Bonchev–Trinajstić information content (AvgIpc) is 1.58. The van der Waals surface area contributed by atoms with E-state index in [2.05, 4.69) is 9.05 Å². The summed E-state index contributed by atoms with van der Waals surface area (Å²) in [5.41, 5.74) is 0. The van der Waals surface area contributed by atoms with Gasteiger partial charge in [0.25, 0.3) is 0 Å². The van der Waals surface area contributed by atoms with Crippen LogP contribution in [0.5, 0.6) is 0 Å². The van der Waals surface area contributed by atoms with Gasteiger partial charge in [-0.15, -0.1) is 0 Å². The van der Waals surface area contributed by atoms with Crippen molar-refractivity contribution < 1.29 is 18.7 Å². The van der Waals surface area contributed by atoms with E-state index in [1.807, 2.05) is 0 Å². The van der Waals surface area contributed by atoms with Gasteiger partial charge in [-0.05, 0) is 0 Å². The second kappa shape index (κ2) is 8.00. The summed E-state index contributed by atoms with van der Waals surface area (Å²) < 4.78 is 18.6. The number of rotatable bonds is 1. The molecule has 0 aliphatic carbocycles. The maximum atomic E-state index is 9.90. The molecule has 0 bridgehead atoms. The van der Waals surface area contributed by atoms with E-state index in [-0.39, 0.29) is 109 Å². The quantitative estimate of drug-likeness (QED) is 0.437. The first-order valence-electron chi connectivity index (χ1n) is 1.81.